The lowest BCUT2D eigenvalue weighted by atomic mass is 10.2. The molecule has 0 aliphatic rings. The molecule has 0 bridgehead atoms. The van der Waals surface area contributed by atoms with E-state index < -0.39 is 0 Å². The fourth-order valence-corrected chi connectivity index (χ4v) is 2.67. The second-order valence-corrected chi connectivity index (χ2v) is 5.57. The summed E-state index contributed by atoms with van der Waals surface area (Å²) in [7, 11) is 0. The summed E-state index contributed by atoms with van der Waals surface area (Å²) in [5.41, 5.74) is 0.0230. The molecule has 2 rings (SSSR count). The summed E-state index contributed by atoms with van der Waals surface area (Å²) >= 11 is 1.75. The Bertz CT molecular complexity index is 643. The molecule has 0 fully saturated rings. The minimum Gasteiger partial charge on any atom is -0.315 e. The molecule has 0 aromatic carbocycles. The van der Waals surface area contributed by atoms with E-state index in [1.807, 2.05) is 13.0 Å². The molecule has 2 heterocycles. The first-order valence-corrected chi connectivity index (χ1v) is 7.64. The van der Waals surface area contributed by atoms with Gasteiger partial charge in [0.05, 0.1) is 0 Å². The number of rotatable bonds is 7. The van der Waals surface area contributed by atoms with E-state index in [1.165, 1.54) is 4.88 Å². The number of aromatic nitrogens is 2. The SMILES string of the molecule is CCc1cn(CCNCCc2cccs2)c(=O)[nH]c1=O. The van der Waals surface area contributed by atoms with Crippen LogP contribution in [0.3, 0.4) is 0 Å². The highest BCUT2D eigenvalue weighted by atomic mass is 32.1. The largest absolute Gasteiger partial charge is 0.328 e. The molecule has 0 radical (unpaired) electrons. The third kappa shape index (κ3) is 3.91. The molecule has 2 aromatic rings. The molecule has 0 amide bonds. The van der Waals surface area contributed by atoms with Crippen LogP contribution >= 0.6 is 11.3 Å². The smallest absolute Gasteiger partial charge is 0.315 e. The van der Waals surface area contributed by atoms with E-state index in [9.17, 15) is 9.59 Å². The van der Waals surface area contributed by atoms with Crippen LogP contribution in [0.25, 0.3) is 0 Å². The van der Waals surface area contributed by atoms with Crippen LogP contribution < -0.4 is 16.6 Å². The highest BCUT2D eigenvalue weighted by Gasteiger charge is 2.02. The van der Waals surface area contributed by atoms with E-state index in [4.69, 9.17) is 0 Å². The van der Waals surface area contributed by atoms with Gasteiger partial charge in [-0.05, 0) is 24.3 Å². The molecule has 20 heavy (non-hydrogen) atoms. The topological polar surface area (TPSA) is 66.9 Å². The van der Waals surface area contributed by atoms with Crippen LogP contribution in [0, 0.1) is 0 Å². The van der Waals surface area contributed by atoms with Crippen molar-refractivity contribution in [1.29, 1.82) is 0 Å². The Labute approximate surface area is 121 Å². The summed E-state index contributed by atoms with van der Waals surface area (Å²) < 4.78 is 1.55. The third-order valence-electron chi connectivity index (χ3n) is 3.12. The Kier molecular flexibility index (Phi) is 5.31. The predicted octanol–water partition coefficient (Wildman–Crippen LogP) is 0.993. The molecule has 0 saturated heterocycles. The van der Waals surface area contributed by atoms with Crippen LogP contribution in [0.2, 0.25) is 0 Å². The molecule has 108 valence electrons. The number of aryl methyl sites for hydroxylation is 1. The molecule has 0 saturated carbocycles. The summed E-state index contributed by atoms with van der Waals surface area (Å²) in [6, 6.07) is 4.17. The molecule has 5 nitrogen and oxygen atoms in total. The molecule has 0 spiro atoms. The van der Waals surface area contributed by atoms with Crippen molar-refractivity contribution in [3.63, 3.8) is 0 Å². The van der Waals surface area contributed by atoms with Gasteiger partial charge < -0.3 is 5.32 Å². The fourth-order valence-electron chi connectivity index (χ4n) is 1.96. The first-order chi connectivity index (χ1) is 9.70. The zero-order chi connectivity index (χ0) is 14.4. The first kappa shape index (κ1) is 14.7. The molecule has 0 atom stereocenters. The third-order valence-corrected chi connectivity index (χ3v) is 4.06. The van der Waals surface area contributed by atoms with Crippen molar-refractivity contribution in [2.24, 2.45) is 0 Å². The van der Waals surface area contributed by atoms with Crippen LogP contribution in [0.5, 0.6) is 0 Å². The van der Waals surface area contributed by atoms with Crippen LogP contribution in [-0.4, -0.2) is 22.6 Å². The number of hydrogen-bond acceptors (Lipinski definition) is 4. The van der Waals surface area contributed by atoms with E-state index in [2.05, 4.69) is 21.7 Å². The van der Waals surface area contributed by atoms with Crippen molar-refractivity contribution in [2.75, 3.05) is 13.1 Å². The Morgan fingerprint density at radius 3 is 2.90 bits per heavy atom. The molecule has 6 heteroatoms. The number of nitrogens with zero attached hydrogens (tertiary/aromatic N) is 1. The minimum atomic E-state index is -0.341. The van der Waals surface area contributed by atoms with Crippen molar-refractivity contribution in [3.8, 4) is 0 Å². The molecular weight excluding hydrogens is 274 g/mol. The van der Waals surface area contributed by atoms with Crippen LogP contribution in [-0.2, 0) is 19.4 Å². The quantitative estimate of drug-likeness (QED) is 0.748. The Morgan fingerprint density at radius 2 is 2.20 bits per heavy atom. The zero-order valence-electron chi connectivity index (χ0n) is 11.5. The lowest BCUT2D eigenvalue weighted by Crippen LogP contribution is -2.34. The number of nitrogens with one attached hydrogen (secondary N) is 2. The van der Waals surface area contributed by atoms with E-state index >= 15 is 0 Å². The van der Waals surface area contributed by atoms with Gasteiger partial charge >= 0.3 is 5.69 Å². The maximum absolute atomic E-state index is 11.6. The number of thiophene rings is 1. The Balaban J connectivity index is 1.82. The van der Waals surface area contributed by atoms with Gasteiger partial charge in [-0.1, -0.05) is 13.0 Å². The van der Waals surface area contributed by atoms with Gasteiger partial charge in [-0.25, -0.2) is 4.79 Å². The van der Waals surface area contributed by atoms with Gasteiger partial charge in [-0.3, -0.25) is 14.3 Å². The Hall–Kier alpha value is -1.66. The Morgan fingerprint density at radius 1 is 1.35 bits per heavy atom. The van der Waals surface area contributed by atoms with E-state index in [-0.39, 0.29) is 11.2 Å². The molecule has 0 unspecified atom stereocenters. The van der Waals surface area contributed by atoms with Crippen molar-refractivity contribution < 1.29 is 0 Å². The molecule has 0 aliphatic carbocycles. The summed E-state index contributed by atoms with van der Waals surface area (Å²) in [5, 5.41) is 5.38. The van der Waals surface area contributed by atoms with E-state index in [1.54, 1.807) is 22.1 Å². The van der Waals surface area contributed by atoms with Crippen LogP contribution in [0.15, 0.2) is 33.3 Å². The van der Waals surface area contributed by atoms with Gasteiger partial charge in [0, 0.05) is 36.3 Å². The summed E-state index contributed by atoms with van der Waals surface area (Å²) in [4.78, 5) is 26.8. The van der Waals surface area contributed by atoms with Crippen molar-refractivity contribution in [3.05, 3.63) is 55.0 Å². The van der Waals surface area contributed by atoms with Crippen LogP contribution in [0.4, 0.5) is 0 Å². The molecular formula is C14H19N3O2S. The van der Waals surface area contributed by atoms with Gasteiger partial charge in [0.15, 0.2) is 0 Å². The fraction of sp³-hybridized carbons (Fsp3) is 0.429. The lowest BCUT2D eigenvalue weighted by Gasteiger charge is -2.07. The highest BCUT2D eigenvalue weighted by Crippen LogP contribution is 2.07. The highest BCUT2D eigenvalue weighted by molar-refractivity contribution is 7.09. The summed E-state index contributed by atoms with van der Waals surface area (Å²) in [6.45, 7) is 4.06. The molecule has 2 N–H and O–H groups in total. The lowest BCUT2D eigenvalue weighted by molar-refractivity contribution is 0.573. The van der Waals surface area contributed by atoms with Gasteiger partial charge in [0.25, 0.3) is 5.56 Å². The summed E-state index contributed by atoms with van der Waals surface area (Å²) in [5.74, 6) is 0. The average Bonchev–Trinajstić information content (AvgIpc) is 2.93. The zero-order valence-corrected chi connectivity index (χ0v) is 12.3. The van der Waals surface area contributed by atoms with Crippen molar-refractivity contribution >= 4 is 11.3 Å². The van der Waals surface area contributed by atoms with Crippen molar-refractivity contribution in [2.45, 2.75) is 26.3 Å². The molecule has 2 aromatic heterocycles. The first-order valence-electron chi connectivity index (χ1n) is 6.76. The monoisotopic (exact) mass is 293 g/mol. The van der Waals surface area contributed by atoms with E-state index in [0.29, 0.717) is 25.1 Å². The minimum absolute atomic E-state index is 0.278. The van der Waals surface area contributed by atoms with Gasteiger partial charge in [0.1, 0.15) is 0 Å². The maximum atomic E-state index is 11.6. The maximum Gasteiger partial charge on any atom is 0.328 e. The number of aromatic amines is 1. The predicted molar refractivity (Wildman–Crippen MR) is 81.6 cm³/mol. The van der Waals surface area contributed by atoms with E-state index in [0.717, 1.165) is 13.0 Å². The standard InChI is InChI=1S/C14H19N3O2S/c1-2-11-10-17(14(19)16-13(11)18)8-7-15-6-5-12-4-3-9-20-12/h3-4,9-10,15H,2,5-8H2,1H3,(H,16,18,19). The normalized spacial score (nSPS) is 10.8. The van der Waals surface area contributed by atoms with Crippen molar-refractivity contribution in [1.82, 2.24) is 14.9 Å². The average molecular weight is 293 g/mol. The number of H-pyrrole nitrogens is 1. The van der Waals surface area contributed by atoms with Gasteiger partial charge in [-0.2, -0.15) is 0 Å². The van der Waals surface area contributed by atoms with Crippen LogP contribution in [0.1, 0.15) is 17.4 Å². The molecule has 0 aliphatic heterocycles. The second-order valence-electron chi connectivity index (χ2n) is 4.54. The second kappa shape index (κ2) is 7.21. The summed E-state index contributed by atoms with van der Waals surface area (Å²) in [6.07, 6.45) is 3.28. The van der Waals surface area contributed by atoms with Gasteiger partial charge in [0.2, 0.25) is 0 Å². The number of hydrogen-bond donors (Lipinski definition) is 2. The van der Waals surface area contributed by atoms with Gasteiger partial charge in [-0.15, -0.1) is 11.3 Å².